The highest BCUT2D eigenvalue weighted by atomic mass is 35.5. The lowest BCUT2D eigenvalue weighted by atomic mass is 10.2. The van der Waals surface area contributed by atoms with Crippen molar-refractivity contribution in [1.29, 1.82) is 0 Å². The van der Waals surface area contributed by atoms with Crippen molar-refractivity contribution in [3.63, 3.8) is 0 Å². The lowest BCUT2D eigenvalue weighted by Gasteiger charge is -2.10. The third-order valence-corrected chi connectivity index (χ3v) is 3.53. The van der Waals surface area contributed by atoms with Gasteiger partial charge in [-0.2, -0.15) is 0 Å². The monoisotopic (exact) mass is 361 g/mol. The summed E-state index contributed by atoms with van der Waals surface area (Å²) < 4.78 is 0. The van der Waals surface area contributed by atoms with Gasteiger partial charge in [0.1, 0.15) is 0 Å². The average Bonchev–Trinajstić information content (AvgIpc) is 2.56. The van der Waals surface area contributed by atoms with Crippen LogP contribution in [0.25, 0.3) is 0 Å². The zero-order valence-corrected chi connectivity index (χ0v) is 14.5. The van der Waals surface area contributed by atoms with Gasteiger partial charge in [-0.25, -0.2) is 0 Å². The molecular formula is C17H16ClN3O2S. The van der Waals surface area contributed by atoms with Crippen LogP contribution in [0.3, 0.4) is 0 Å². The van der Waals surface area contributed by atoms with Crippen molar-refractivity contribution in [2.24, 2.45) is 0 Å². The Morgan fingerprint density at radius 1 is 0.958 bits per heavy atom. The summed E-state index contributed by atoms with van der Waals surface area (Å²) in [5.74, 6) is -0.467. The van der Waals surface area contributed by atoms with E-state index in [-0.39, 0.29) is 16.9 Å². The van der Waals surface area contributed by atoms with Gasteiger partial charge in [0.25, 0.3) is 11.8 Å². The quantitative estimate of drug-likeness (QED) is 0.731. The molecule has 0 aliphatic rings. The highest BCUT2D eigenvalue weighted by Crippen LogP contribution is 2.11. The lowest BCUT2D eigenvalue weighted by molar-refractivity contribution is 0.0953. The van der Waals surface area contributed by atoms with Crippen LogP contribution in [0, 0.1) is 0 Å². The highest BCUT2D eigenvalue weighted by Gasteiger charge is 2.08. The zero-order chi connectivity index (χ0) is 17.5. The zero-order valence-electron chi connectivity index (χ0n) is 12.9. The summed E-state index contributed by atoms with van der Waals surface area (Å²) in [5.41, 5.74) is 1.68. The van der Waals surface area contributed by atoms with E-state index in [0.29, 0.717) is 28.4 Å². The van der Waals surface area contributed by atoms with Crippen LogP contribution in [0.1, 0.15) is 27.6 Å². The molecule has 0 saturated heterocycles. The number of nitrogens with one attached hydrogen (secondary N) is 3. The predicted molar refractivity (Wildman–Crippen MR) is 99.6 cm³/mol. The third-order valence-electron chi connectivity index (χ3n) is 3.08. The number of benzene rings is 2. The Hall–Kier alpha value is -2.44. The first kappa shape index (κ1) is 17.9. The van der Waals surface area contributed by atoms with Gasteiger partial charge in [0, 0.05) is 28.4 Å². The molecule has 0 fully saturated rings. The molecule has 24 heavy (non-hydrogen) atoms. The molecule has 0 saturated carbocycles. The minimum Gasteiger partial charge on any atom is -0.352 e. The Labute approximate surface area is 150 Å². The summed E-state index contributed by atoms with van der Waals surface area (Å²) in [6, 6.07) is 13.3. The van der Waals surface area contributed by atoms with Gasteiger partial charge < -0.3 is 10.6 Å². The summed E-state index contributed by atoms with van der Waals surface area (Å²) >= 11 is 10.9. The summed E-state index contributed by atoms with van der Waals surface area (Å²) in [4.78, 5) is 23.7. The Morgan fingerprint density at radius 3 is 2.08 bits per heavy atom. The van der Waals surface area contributed by atoms with Crippen molar-refractivity contribution < 1.29 is 9.59 Å². The fraction of sp³-hybridized carbons (Fsp3) is 0.118. The minimum absolute atomic E-state index is 0.136. The molecule has 0 aliphatic carbocycles. The smallest absolute Gasteiger partial charge is 0.257 e. The second kappa shape index (κ2) is 8.42. The second-order valence-corrected chi connectivity index (χ2v) is 5.70. The first-order valence-electron chi connectivity index (χ1n) is 7.25. The fourth-order valence-corrected chi connectivity index (χ4v) is 2.24. The molecule has 124 valence electrons. The number of halogens is 1. The summed E-state index contributed by atoms with van der Waals surface area (Å²) in [6.45, 7) is 2.43. The molecule has 0 atom stereocenters. The van der Waals surface area contributed by atoms with E-state index in [9.17, 15) is 9.59 Å². The van der Waals surface area contributed by atoms with Crippen molar-refractivity contribution in [2.75, 3.05) is 11.9 Å². The van der Waals surface area contributed by atoms with Gasteiger partial charge in [-0.15, -0.1) is 0 Å². The van der Waals surface area contributed by atoms with Crippen LogP contribution < -0.4 is 16.0 Å². The molecule has 0 unspecified atom stereocenters. The van der Waals surface area contributed by atoms with Gasteiger partial charge in [0.05, 0.1) is 0 Å². The predicted octanol–water partition coefficient (Wildman–Crippen LogP) is 3.22. The van der Waals surface area contributed by atoms with Crippen molar-refractivity contribution >= 4 is 46.4 Å². The van der Waals surface area contributed by atoms with Gasteiger partial charge in [-0.1, -0.05) is 11.6 Å². The highest BCUT2D eigenvalue weighted by molar-refractivity contribution is 7.80. The molecule has 0 radical (unpaired) electrons. The van der Waals surface area contributed by atoms with Crippen molar-refractivity contribution in [2.45, 2.75) is 6.92 Å². The average molecular weight is 362 g/mol. The third kappa shape index (κ3) is 5.04. The van der Waals surface area contributed by atoms with Crippen molar-refractivity contribution in [3.8, 4) is 0 Å². The molecule has 0 aromatic heterocycles. The van der Waals surface area contributed by atoms with Gasteiger partial charge in [0.15, 0.2) is 5.11 Å². The summed E-state index contributed by atoms with van der Waals surface area (Å²) in [5, 5.41) is 8.92. The van der Waals surface area contributed by atoms with E-state index in [4.69, 9.17) is 23.8 Å². The maximum Gasteiger partial charge on any atom is 0.257 e. The number of anilines is 1. The maximum atomic E-state index is 12.0. The Bertz CT molecular complexity index is 745. The van der Waals surface area contributed by atoms with Gasteiger partial charge in [-0.05, 0) is 67.7 Å². The molecule has 0 aliphatic heterocycles. The van der Waals surface area contributed by atoms with Crippen LogP contribution in [0.4, 0.5) is 5.69 Å². The molecule has 2 rings (SSSR count). The van der Waals surface area contributed by atoms with Gasteiger partial charge in [-0.3, -0.25) is 14.9 Å². The Morgan fingerprint density at radius 2 is 1.50 bits per heavy atom. The Kier molecular flexibility index (Phi) is 6.28. The molecule has 0 spiro atoms. The van der Waals surface area contributed by atoms with E-state index in [0.717, 1.165) is 0 Å². The number of amides is 2. The molecule has 7 heteroatoms. The second-order valence-electron chi connectivity index (χ2n) is 4.85. The molecular weight excluding hydrogens is 346 g/mol. The van der Waals surface area contributed by atoms with Crippen LogP contribution in [0.15, 0.2) is 48.5 Å². The first-order valence-corrected chi connectivity index (χ1v) is 8.04. The molecule has 2 aromatic rings. The number of rotatable bonds is 4. The molecule has 0 heterocycles. The number of hydrogen-bond acceptors (Lipinski definition) is 3. The van der Waals surface area contributed by atoms with Gasteiger partial charge in [0.2, 0.25) is 0 Å². The molecule has 2 aromatic carbocycles. The fourth-order valence-electron chi connectivity index (χ4n) is 1.91. The lowest BCUT2D eigenvalue weighted by Crippen LogP contribution is -2.34. The van der Waals surface area contributed by atoms with E-state index in [1.165, 1.54) is 0 Å². The van der Waals surface area contributed by atoms with Crippen LogP contribution in [-0.4, -0.2) is 23.5 Å². The topological polar surface area (TPSA) is 70.2 Å². The number of carbonyl (C=O) groups is 2. The molecule has 0 bridgehead atoms. The number of hydrogen-bond donors (Lipinski definition) is 3. The van der Waals surface area contributed by atoms with E-state index in [1.807, 2.05) is 6.92 Å². The van der Waals surface area contributed by atoms with Crippen molar-refractivity contribution in [1.82, 2.24) is 10.6 Å². The SMILES string of the molecule is CCNC(=O)c1ccc(NC(=S)NC(=O)c2ccc(Cl)cc2)cc1. The van der Waals surface area contributed by atoms with Crippen LogP contribution in [0.5, 0.6) is 0 Å². The van der Waals surface area contributed by atoms with Crippen molar-refractivity contribution in [3.05, 3.63) is 64.7 Å². The molecule has 2 amide bonds. The normalized spacial score (nSPS) is 9.92. The van der Waals surface area contributed by atoms with Gasteiger partial charge >= 0.3 is 0 Å². The van der Waals surface area contributed by atoms with E-state index >= 15 is 0 Å². The largest absolute Gasteiger partial charge is 0.352 e. The van der Waals surface area contributed by atoms with E-state index in [2.05, 4.69) is 16.0 Å². The first-order chi connectivity index (χ1) is 11.5. The maximum absolute atomic E-state index is 12.0. The van der Waals surface area contributed by atoms with Crippen LogP contribution >= 0.6 is 23.8 Å². The summed E-state index contributed by atoms with van der Waals surface area (Å²) in [6.07, 6.45) is 0. The van der Waals surface area contributed by atoms with E-state index < -0.39 is 0 Å². The number of thiocarbonyl (C=S) groups is 1. The Balaban J connectivity index is 1.93. The molecule has 5 nitrogen and oxygen atoms in total. The summed E-state index contributed by atoms with van der Waals surface area (Å²) in [7, 11) is 0. The van der Waals surface area contributed by atoms with Crippen LogP contribution in [0.2, 0.25) is 5.02 Å². The minimum atomic E-state index is -0.330. The van der Waals surface area contributed by atoms with E-state index in [1.54, 1.807) is 48.5 Å². The molecule has 3 N–H and O–H groups in total. The standard InChI is InChI=1S/C17H16ClN3O2S/c1-2-19-15(22)11-5-9-14(10-6-11)20-17(24)21-16(23)12-3-7-13(18)8-4-12/h3-10H,2H2,1H3,(H,19,22)(H2,20,21,23,24). The van der Waals surface area contributed by atoms with Crippen LogP contribution in [-0.2, 0) is 0 Å². The number of carbonyl (C=O) groups excluding carboxylic acids is 2.